The van der Waals surface area contributed by atoms with Crippen molar-refractivity contribution in [3.8, 4) is 11.5 Å². The third kappa shape index (κ3) is 5.88. The highest BCUT2D eigenvalue weighted by molar-refractivity contribution is 7.92. The number of anilines is 2. The third-order valence-corrected chi connectivity index (χ3v) is 5.15. The maximum Gasteiger partial charge on any atom is 0.265 e. The topological polar surface area (TPSA) is 93.7 Å². The summed E-state index contributed by atoms with van der Waals surface area (Å²) in [6.07, 6.45) is 0.346. The highest BCUT2D eigenvalue weighted by atomic mass is 32.2. The van der Waals surface area contributed by atoms with E-state index >= 15 is 0 Å². The Morgan fingerprint density at radius 1 is 1.07 bits per heavy atom. The van der Waals surface area contributed by atoms with E-state index in [1.54, 1.807) is 30.3 Å². The molecule has 0 heterocycles. The summed E-state index contributed by atoms with van der Waals surface area (Å²) in [7, 11) is -2.54. The lowest BCUT2D eigenvalue weighted by molar-refractivity contribution is -0.116. The molecule has 0 saturated carbocycles. The molecule has 28 heavy (non-hydrogen) atoms. The number of hydrogen-bond acceptors (Lipinski definition) is 5. The van der Waals surface area contributed by atoms with Gasteiger partial charge in [0.05, 0.1) is 13.7 Å². The van der Waals surface area contributed by atoms with Crippen LogP contribution in [-0.2, 0) is 14.8 Å². The SMILES string of the molecule is CCOc1ccc(NS(=O)(=O)c2cc(NC(=O)CC(C)C)ccc2OC)cc1. The molecule has 2 N–H and O–H groups in total. The monoisotopic (exact) mass is 406 g/mol. The number of amides is 1. The lowest BCUT2D eigenvalue weighted by atomic mass is 10.1. The van der Waals surface area contributed by atoms with Crippen molar-refractivity contribution in [1.82, 2.24) is 0 Å². The van der Waals surface area contributed by atoms with Crippen molar-refractivity contribution in [1.29, 1.82) is 0 Å². The van der Waals surface area contributed by atoms with Gasteiger partial charge in [-0.05, 0) is 55.3 Å². The van der Waals surface area contributed by atoms with Gasteiger partial charge in [-0.25, -0.2) is 8.42 Å². The van der Waals surface area contributed by atoms with Gasteiger partial charge in [0.1, 0.15) is 16.4 Å². The van der Waals surface area contributed by atoms with Crippen LogP contribution < -0.4 is 19.5 Å². The van der Waals surface area contributed by atoms with Crippen molar-refractivity contribution in [2.24, 2.45) is 5.92 Å². The van der Waals surface area contributed by atoms with E-state index in [9.17, 15) is 13.2 Å². The third-order valence-electron chi connectivity index (χ3n) is 3.75. The maximum absolute atomic E-state index is 12.9. The molecule has 0 bridgehead atoms. The van der Waals surface area contributed by atoms with Gasteiger partial charge in [0.25, 0.3) is 10.0 Å². The predicted molar refractivity (Wildman–Crippen MR) is 109 cm³/mol. The highest BCUT2D eigenvalue weighted by Crippen LogP contribution is 2.29. The van der Waals surface area contributed by atoms with Crippen LogP contribution in [0.4, 0.5) is 11.4 Å². The molecule has 0 fully saturated rings. The van der Waals surface area contributed by atoms with Gasteiger partial charge in [-0.1, -0.05) is 13.8 Å². The zero-order chi connectivity index (χ0) is 20.7. The zero-order valence-electron chi connectivity index (χ0n) is 16.5. The molecular formula is C20H26N2O5S. The molecule has 0 radical (unpaired) electrons. The Morgan fingerprint density at radius 2 is 1.71 bits per heavy atom. The molecule has 0 unspecified atom stereocenters. The van der Waals surface area contributed by atoms with Crippen LogP contribution in [0.15, 0.2) is 47.4 Å². The van der Waals surface area contributed by atoms with E-state index < -0.39 is 10.0 Å². The van der Waals surface area contributed by atoms with Crippen LogP contribution in [0.25, 0.3) is 0 Å². The Bertz CT molecular complexity index is 909. The Kier molecular flexibility index (Phi) is 7.28. The Hall–Kier alpha value is -2.74. The molecular weight excluding hydrogens is 380 g/mol. The van der Waals surface area contributed by atoms with Crippen LogP contribution in [0.2, 0.25) is 0 Å². The fourth-order valence-corrected chi connectivity index (χ4v) is 3.80. The summed E-state index contributed by atoms with van der Waals surface area (Å²) in [5.74, 6) is 0.851. The van der Waals surface area contributed by atoms with E-state index in [0.717, 1.165) is 0 Å². The smallest absolute Gasteiger partial charge is 0.265 e. The van der Waals surface area contributed by atoms with Crippen LogP contribution >= 0.6 is 0 Å². The predicted octanol–water partition coefficient (Wildman–Crippen LogP) is 3.88. The lowest BCUT2D eigenvalue weighted by Gasteiger charge is -2.14. The van der Waals surface area contributed by atoms with Gasteiger partial charge in [-0.2, -0.15) is 0 Å². The van der Waals surface area contributed by atoms with Crippen LogP contribution in [0.5, 0.6) is 11.5 Å². The van der Waals surface area contributed by atoms with E-state index in [0.29, 0.717) is 30.2 Å². The Labute approximate surface area is 166 Å². The number of carbonyl (C=O) groups excluding carboxylic acids is 1. The molecule has 152 valence electrons. The molecule has 1 amide bonds. The number of nitrogens with one attached hydrogen (secondary N) is 2. The van der Waals surface area contributed by atoms with Gasteiger partial charge in [-0.15, -0.1) is 0 Å². The van der Waals surface area contributed by atoms with E-state index in [-0.39, 0.29) is 22.5 Å². The summed E-state index contributed by atoms with van der Waals surface area (Å²) in [5, 5.41) is 2.72. The first-order valence-corrected chi connectivity index (χ1v) is 10.5. The highest BCUT2D eigenvalue weighted by Gasteiger charge is 2.21. The first kappa shape index (κ1) is 21.6. The first-order chi connectivity index (χ1) is 13.2. The molecule has 0 aromatic heterocycles. The molecule has 0 atom stereocenters. The summed E-state index contributed by atoms with van der Waals surface area (Å²) in [5.41, 5.74) is 0.776. The Morgan fingerprint density at radius 3 is 2.29 bits per heavy atom. The molecule has 2 aromatic rings. The summed E-state index contributed by atoms with van der Waals surface area (Å²) in [6.45, 7) is 6.27. The number of rotatable bonds is 9. The second-order valence-electron chi connectivity index (χ2n) is 6.57. The largest absolute Gasteiger partial charge is 0.495 e. The molecule has 0 aliphatic heterocycles. The second-order valence-corrected chi connectivity index (χ2v) is 8.23. The molecule has 8 heteroatoms. The minimum atomic E-state index is -3.93. The van der Waals surface area contributed by atoms with Gasteiger partial charge in [0.15, 0.2) is 0 Å². The average Bonchev–Trinajstić information content (AvgIpc) is 2.62. The number of benzene rings is 2. The number of hydrogen-bond donors (Lipinski definition) is 2. The van der Waals surface area contributed by atoms with Gasteiger partial charge in [0.2, 0.25) is 5.91 Å². The number of methoxy groups -OCH3 is 1. The number of carbonyl (C=O) groups is 1. The molecule has 0 aliphatic rings. The summed E-state index contributed by atoms with van der Waals surface area (Å²) in [4.78, 5) is 11.9. The normalized spacial score (nSPS) is 11.2. The van der Waals surface area contributed by atoms with Crippen molar-refractivity contribution in [3.63, 3.8) is 0 Å². The molecule has 0 aliphatic carbocycles. The fraction of sp³-hybridized carbons (Fsp3) is 0.350. The van der Waals surface area contributed by atoms with Gasteiger partial charge in [0, 0.05) is 17.8 Å². The fourth-order valence-electron chi connectivity index (χ4n) is 2.54. The van der Waals surface area contributed by atoms with Crippen LogP contribution in [0.1, 0.15) is 27.2 Å². The van der Waals surface area contributed by atoms with Crippen molar-refractivity contribution >= 4 is 27.3 Å². The van der Waals surface area contributed by atoms with Crippen molar-refractivity contribution in [2.45, 2.75) is 32.1 Å². The van der Waals surface area contributed by atoms with Crippen LogP contribution in [-0.4, -0.2) is 28.0 Å². The maximum atomic E-state index is 12.9. The lowest BCUT2D eigenvalue weighted by Crippen LogP contribution is -2.16. The standard InChI is InChI=1S/C20H26N2O5S/c1-5-27-17-9-6-15(7-10-17)22-28(24,25)19-13-16(8-11-18(19)26-4)21-20(23)12-14(2)3/h6-11,13-14,22H,5,12H2,1-4H3,(H,21,23). The molecule has 2 rings (SSSR count). The molecule has 7 nitrogen and oxygen atoms in total. The van der Waals surface area contributed by atoms with E-state index in [2.05, 4.69) is 10.0 Å². The minimum absolute atomic E-state index is 0.0637. The van der Waals surface area contributed by atoms with E-state index in [1.165, 1.54) is 19.2 Å². The van der Waals surface area contributed by atoms with Crippen molar-refractivity contribution in [3.05, 3.63) is 42.5 Å². The van der Waals surface area contributed by atoms with Crippen molar-refractivity contribution in [2.75, 3.05) is 23.8 Å². The summed E-state index contributed by atoms with van der Waals surface area (Å²) < 4.78 is 38.8. The summed E-state index contributed by atoms with van der Waals surface area (Å²) in [6, 6.07) is 11.1. The second kappa shape index (κ2) is 9.45. The van der Waals surface area contributed by atoms with Gasteiger partial charge >= 0.3 is 0 Å². The summed E-state index contributed by atoms with van der Waals surface area (Å²) >= 11 is 0. The number of ether oxygens (including phenoxy) is 2. The quantitative estimate of drug-likeness (QED) is 0.659. The first-order valence-electron chi connectivity index (χ1n) is 8.98. The van der Waals surface area contributed by atoms with Crippen molar-refractivity contribution < 1.29 is 22.7 Å². The number of sulfonamides is 1. The van der Waals surface area contributed by atoms with Crippen LogP contribution in [0, 0.1) is 5.92 Å². The zero-order valence-corrected chi connectivity index (χ0v) is 17.3. The van der Waals surface area contributed by atoms with Gasteiger partial charge < -0.3 is 14.8 Å². The Balaban J connectivity index is 2.27. The van der Waals surface area contributed by atoms with Gasteiger partial charge in [-0.3, -0.25) is 9.52 Å². The van der Waals surface area contributed by atoms with E-state index in [4.69, 9.17) is 9.47 Å². The minimum Gasteiger partial charge on any atom is -0.495 e. The van der Waals surface area contributed by atoms with Crippen LogP contribution in [0.3, 0.4) is 0 Å². The van der Waals surface area contributed by atoms with E-state index in [1.807, 2.05) is 20.8 Å². The molecule has 2 aromatic carbocycles. The average molecular weight is 407 g/mol. The molecule has 0 saturated heterocycles. The molecule has 0 spiro atoms.